The van der Waals surface area contributed by atoms with E-state index in [0.717, 1.165) is 42.4 Å². The van der Waals surface area contributed by atoms with Crippen LogP contribution in [0.1, 0.15) is 55.1 Å². The summed E-state index contributed by atoms with van der Waals surface area (Å²) in [6.45, 7) is 1.05. The predicted octanol–water partition coefficient (Wildman–Crippen LogP) is 3.84. The molecule has 3 heterocycles. The van der Waals surface area contributed by atoms with Crippen molar-refractivity contribution >= 4 is 28.2 Å². The van der Waals surface area contributed by atoms with E-state index >= 15 is 0 Å². The second-order valence-electron chi connectivity index (χ2n) is 8.20. The van der Waals surface area contributed by atoms with Crippen LogP contribution in [0.15, 0.2) is 61.4 Å². The molecule has 0 unspecified atom stereocenters. The van der Waals surface area contributed by atoms with Gasteiger partial charge in [0.15, 0.2) is 0 Å². The monoisotopic (exact) mass is 472 g/mol. The third-order valence-electron chi connectivity index (χ3n) is 5.84. The molecule has 3 aromatic heterocycles. The Labute approximate surface area is 201 Å². The molecule has 1 aliphatic carbocycles. The number of carbonyl (C=O) groups is 2. The fraction of sp³-hybridized carbons (Fsp3) is 0.240. The minimum Gasteiger partial charge on any atom is -0.348 e. The minimum absolute atomic E-state index is 0.160. The molecule has 0 spiro atoms. The van der Waals surface area contributed by atoms with E-state index in [0.29, 0.717) is 29.2 Å². The maximum absolute atomic E-state index is 13.3. The zero-order valence-corrected chi connectivity index (χ0v) is 19.3. The molecule has 1 aliphatic rings. The second kappa shape index (κ2) is 9.96. The molecule has 2 amide bonds. The Kier molecular flexibility index (Phi) is 6.44. The van der Waals surface area contributed by atoms with Gasteiger partial charge in [0.25, 0.3) is 11.8 Å². The molecule has 0 fully saturated rings. The van der Waals surface area contributed by atoms with Crippen LogP contribution in [-0.4, -0.2) is 31.6 Å². The topological polar surface area (TPSA) is 102 Å². The van der Waals surface area contributed by atoms with E-state index in [2.05, 4.69) is 25.7 Å². The molecule has 0 atom stereocenters. The van der Waals surface area contributed by atoms with Gasteiger partial charge in [-0.2, -0.15) is 5.10 Å². The summed E-state index contributed by atoms with van der Waals surface area (Å²) in [5, 5.41) is 10.7. The normalized spacial score (nSPS) is 12.7. The maximum Gasteiger partial charge on any atom is 0.257 e. The number of aryl methyl sites for hydroxylation is 1. The molecule has 0 saturated carbocycles. The quantitative estimate of drug-likeness (QED) is 0.426. The Bertz CT molecular complexity index is 1280. The Morgan fingerprint density at radius 1 is 1.00 bits per heavy atom. The van der Waals surface area contributed by atoms with Gasteiger partial charge in [-0.3, -0.25) is 14.6 Å². The summed E-state index contributed by atoms with van der Waals surface area (Å²) in [7, 11) is 0. The highest BCUT2D eigenvalue weighted by molar-refractivity contribution is 7.17. The summed E-state index contributed by atoms with van der Waals surface area (Å²) < 4.78 is 1.76. The van der Waals surface area contributed by atoms with Gasteiger partial charge in [0, 0.05) is 23.8 Å². The van der Waals surface area contributed by atoms with Crippen LogP contribution in [0.25, 0.3) is 0 Å². The van der Waals surface area contributed by atoms with Gasteiger partial charge in [0.1, 0.15) is 17.7 Å². The molecular weight excluding hydrogens is 448 g/mol. The highest BCUT2D eigenvalue weighted by Crippen LogP contribution is 2.38. The van der Waals surface area contributed by atoms with Gasteiger partial charge in [-0.15, -0.1) is 11.3 Å². The van der Waals surface area contributed by atoms with Crippen LogP contribution in [-0.2, 0) is 25.9 Å². The average molecular weight is 473 g/mol. The van der Waals surface area contributed by atoms with Crippen LogP contribution in [0.4, 0.5) is 5.00 Å². The van der Waals surface area contributed by atoms with Gasteiger partial charge in [-0.1, -0.05) is 24.3 Å². The lowest BCUT2D eigenvalue weighted by molar-refractivity contribution is 0.0951. The molecule has 9 heteroatoms. The van der Waals surface area contributed by atoms with E-state index in [1.165, 1.54) is 28.7 Å². The molecule has 0 radical (unpaired) electrons. The highest BCUT2D eigenvalue weighted by atomic mass is 32.1. The Balaban J connectivity index is 1.30. The van der Waals surface area contributed by atoms with Crippen molar-refractivity contribution in [2.45, 2.75) is 38.8 Å². The molecule has 4 aromatic rings. The van der Waals surface area contributed by atoms with Crippen LogP contribution < -0.4 is 10.6 Å². The van der Waals surface area contributed by atoms with Crippen LogP contribution in [0.3, 0.4) is 0 Å². The number of hydrogen-bond donors (Lipinski definition) is 2. The lowest BCUT2D eigenvalue weighted by Gasteiger charge is -2.13. The summed E-state index contributed by atoms with van der Waals surface area (Å²) in [6, 6.07) is 11.5. The van der Waals surface area contributed by atoms with Crippen molar-refractivity contribution in [3.63, 3.8) is 0 Å². The third-order valence-corrected chi connectivity index (χ3v) is 7.04. The van der Waals surface area contributed by atoms with E-state index < -0.39 is 0 Å². The first-order chi connectivity index (χ1) is 16.7. The highest BCUT2D eigenvalue weighted by Gasteiger charge is 2.26. The van der Waals surface area contributed by atoms with Crippen LogP contribution in [0, 0.1) is 0 Å². The van der Waals surface area contributed by atoms with Crippen molar-refractivity contribution in [1.29, 1.82) is 0 Å². The molecule has 0 bridgehead atoms. The van der Waals surface area contributed by atoms with E-state index in [4.69, 9.17) is 0 Å². The summed E-state index contributed by atoms with van der Waals surface area (Å²) in [6.07, 6.45) is 10.3. The van der Waals surface area contributed by atoms with E-state index in [1.54, 1.807) is 29.3 Å². The predicted molar refractivity (Wildman–Crippen MR) is 130 cm³/mol. The fourth-order valence-corrected chi connectivity index (χ4v) is 5.38. The van der Waals surface area contributed by atoms with E-state index in [-0.39, 0.29) is 11.8 Å². The Hall–Kier alpha value is -3.85. The zero-order valence-electron chi connectivity index (χ0n) is 18.5. The van der Waals surface area contributed by atoms with Crippen LogP contribution in [0.5, 0.6) is 0 Å². The molecule has 5 rings (SSSR count). The fourth-order valence-electron chi connectivity index (χ4n) is 4.10. The standard InChI is InChI=1S/C25H24N6O2S/c32-23(19-4-3-11-26-13-19)30-25-22(20-5-1-2-6-21(20)34-25)24(33)28-12-17-7-9-18(10-8-17)14-31-16-27-15-29-31/h3-4,7-11,13,15-16H,1-2,5-6,12,14H2,(H,28,33)(H,30,32). The van der Waals surface area contributed by atoms with Crippen LogP contribution in [0.2, 0.25) is 0 Å². The Morgan fingerprint density at radius 2 is 1.82 bits per heavy atom. The molecule has 8 nitrogen and oxygen atoms in total. The first kappa shape index (κ1) is 22.0. The number of aromatic nitrogens is 4. The van der Waals surface area contributed by atoms with Crippen molar-refractivity contribution in [3.8, 4) is 0 Å². The van der Waals surface area contributed by atoms with E-state index in [9.17, 15) is 9.59 Å². The second-order valence-corrected chi connectivity index (χ2v) is 9.31. The molecule has 172 valence electrons. The number of hydrogen-bond acceptors (Lipinski definition) is 6. The lowest BCUT2D eigenvalue weighted by atomic mass is 9.95. The number of benzene rings is 1. The summed E-state index contributed by atoms with van der Waals surface area (Å²) in [5.74, 6) is -0.420. The largest absolute Gasteiger partial charge is 0.348 e. The molecule has 2 N–H and O–H groups in total. The van der Waals surface area contributed by atoms with Crippen LogP contribution >= 0.6 is 11.3 Å². The van der Waals surface area contributed by atoms with E-state index in [1.807, 2.05) is 24.3 Å². The number of nitrogens with one attached hydrogen (secondary N) is 2. The number of nitrogens with zero attached hydrogens (tertiary/aromatic N) is 4. The number of pyridine rings is 1. The SMILES string of the molecule is O=C(Nc1sc2c(c1C(=O)NCc1ccc(Cn3cncn3)cc1)CCCC2)c1cccnc1. The molecule has 0 aliphatic heterocycles. The molecular formula is C25H24N6O2S. The molecule has 34 heavy (non-hydrogen) atoms. The lowest BCUT2D eigenvalue weighted by Crippen LogP contribution is -2.25. The first-order valence-corrected chi connectivity index (χ1v) is 12.0. The number of thiophene rings is 1. The van der Waals surface area contributed by atoms with Gasteiger partial charge in [0.2, 0.25) is 0 Å². The summed E-state index contributed by atoms with van der Waals surface area (Å²) >= 11 is 1.51. The third kappa shape index (κ3) is 4.89. The van der Waals surface area contributed by atoms with Crippen molar-refractivity contribution in [1.82, 2.24) is 25.1 Å². The van der Waals surface area contributed by atoms with Crippen molar-refractivity contribution < 1.29 is 9.59 Å². The minimum atomic E-state index is -0.260. The van der Waals surface area contributed by atoms with Crippen molar-refractivity contribution in [2.24, 2.45) is 0 Å². The average Bonchev–Trinajstić information content (AvgIpc) is 3.51. The van der Waals surface area contributed by atoms with Crippen molar-refractivity contribution in [2.75, 3.05) is 5.32 Å². The van der Waals surface area contributed by atoms with Crippen molar-refractivity contribution in [3.05, 3.63) is 94.1 Å². The zero-order chi connectivity index (χ0) is 23.3. The van der Waals surface area contributed by atoms with Gasteiger partial charge >= 0.3 is 0 Å². The van der Waals surface area contributed by atoms with Gasteiger partial charge in [0.05, 0.1) is 17.7 Å². The van der Waals surface area contributed by atoms with Gasteiger partial charge < -0.3 is 10.6 Å². The smallest absolute Gasteiger partial charge is 0.257 e. The number of amides is 2. The Morgan fingerprint density at radius 3 is 2.59 bits per heavy atom. The number of carbonyl (C=O) groups excluding carboxylic acids is 2. The van der Waals surface area contributed by atoms with Gasteiger partial charge in [-0.25, -0.2) is 9.67 Å². The number of anilines is 1. The summed E-state index contributed by atoms with van der Waals surface area (Å²) in [4.78, 5) is 35.2. The molecule has 0 saturated heterocycles. The number of fused-ring (bicyclic) bond motifs is 1. The maximum atomic E-state index is 13.3. The van der Waals surface area contributed by atoms with Gasteiger partial charge in [-0.05, 0) is 54.5 Å². The molecule has 1 aromatic carbocycles. The number of rotatable bonds is 7. The first-order valence-electron chi connectivity index (χ1n) is 11.2. The summed E-state index contributed by atoms with van der Waals surface area (Å²) in [5.41, 5.74) is 4.23.